The number of nitrogens with two attached hydrogens (primary N) is 1. The van der Waals surface area contributed by atoms with Crippen molar-refractivity contribution in [2.24, 2.45) is 5.73 Å². The van der Waals surface area contributed by atoms with Crippen LogP contribution in [0, 0.1) is 0 Å². The molecule has 0 bridgehead atoms. The molecule has 2 N–H and O–H groups in total. The molecule has 0 unspecified atom stereocenters. The van der Waals surface area contributed by atoms with Crippen LogP contribution in [0.25, 0.3) is 0 Å². The van der Waals surface area contributed by atoms with Crippen molar-refractivity contribution in [2.75, 3.05) is 19.8 Å². The van der Waals surface area contributed by atoms with Crippen molar-refractivity contribution in [3.05, 3.63) is 35.4 Å². The molecule has 0 atom stereocenters. The van der Waals surface area contributed by atoms with Crippen LogP contribution in [0.1, 0.15) is 17.4 Å². The molecule has 0 saturated carbocycles. The predicted octanol–water partition coefficient (Wildman–Crippen LogP) is 1.23. The smallest absolute Gasteiger partial charge is 0.184 e. The predicted molar refractivity (Wildman–Crippen MR) is 53.8 cm³/mol. The fourth-order valence-corrected chi connectivity index (χ4v) is 1.61. The molecular weight excluding hydrogens is 178 g/mol. The standard InChI is InChI=1S/C11H15NO2/c12-5-4-9-2-1-3-10(8-9)11-13-6-7-14-11/h1-3,8,11H,4-7,12H2. The first-order valence-electron chi connectivity index (χ1n) is 4.92. The van der Waals surface area contributed by atoms with Gasteiger partial charge in [-0.3, -0.25) is 0 Å². The number of benzene rings is 1. The maximum Gasteiger partial charge on any atom is 0.184 e. The van der Waals surface area contributed by atoms with E-state index >= 15 is 0 Å². The fraction of sp³-hybridized carbons (Fsp3) is 0.455. The highest BCUT2D eigenvalue weighted by atomic mass is 16.7. The summed E-state index contributed by atoms with van der Waals surface area (Å²) in [5, 5.41) is 0. The zero-order chi connectivity index (χ0) is 9.80. The summed E-state index contributed by atoms with van der Waals surface area (Å²) < 4.78 is 10.8. The Morgan fingerprint density at radius 3 is 2.79 bits per heavy atom. The molecule has 76 valence electrons. The Kier molecular flexibility index (Phi) is 3.14. The fourth-order valence-electron chi connectivity index (χ4n) is 1.61. The molecule has 2 rings (SSSR count). The Bertz CT molecular complexity index is 295. The third-order valence-electron chi connectivity index (χ3n) is 2.28. The largest absolute Gasteiger partial charge is 0.346 e. The minimum Gasteiger partial charge on any atom is -0.346 e. The van der Waals surface area contributed by atoms with Gasteiger partial charge in [0.2, 0.25) is 0 Å². The van der Waals surface area contributed by atoms with Crippen LogP contribution in [0.5, 0.6) is 0 Å². The topological polar surface area (TPSA) is 44.5 Å². The van der Waals surface area contributed by atoms with Crippen LogP contribution >= 0.6 is 0 Å². The minimum atomic E-state index is -0.173. The molecule has 0 spiro atoms. The van der Waals surface area contributed by atoms with Gasteiger partial charge in [0, 0.05) is 5.56 Å². The summed E-state index contributed by atoms with van der Waals surface area (Å²) in [4.78, 5) is 0. The summed E-state index contributed by atoms with van der Waals surface area (Å²) in [5.41, 5.74) is 7.83. The molecule has 0 amide bonds. The van der Waals surface area contributed by atoms with E-state index in [9.17, 15) is 0 Å². The highest BCUT2D eigenvalue weighted by Crippen LogP contribution is 2.23. The number of rotatable bonds is 3. The van der Waals surface area contributed by atoms with E-state index in [1.54, 1.807) is 0 Å². The molecule has 0 aromatic heterocycles. The Labute approximate surface area is 83.8 Å². The van der Waals surface area contributed by atoms with Gasteiger partial charge < -0.3 is 15.2 Å². The quantitative estimate of drug-likeness (QED) is 0.785. The minimum absolute atomic E-state index is 0.173. The Balaban J connectivity index is 2.12. The second-order valence-corrected chi connectivity index (χ2v) is 3.36. The van der Waals surface area contributed by atoms with Gasteiger partial charge in [-0.05, 0) is 18.5 Å². The van der Waals surface area contributed by atoms with Crippen LogP contribution in [-0.2, 0) is 15.9 Å². The second kappa shape index (κ2) is 4.55. The lowest BCUT2D eigenvalue weighted by Crippen LogP contribution is -2.04. The summed E-state index contributed by atoms with van der Waals surface area (Å²) >= 11 is 0. The molecule has 1 aromatic carbocycles. The summed E-state index contributed by atoms with van der Waals surface area (Å²) in [6.07, 6.45) is 0.730. The molecule has 0 radical (unpaired) electrons. The van der Waals surface area contributed by atoms with E-state index in [0.29, 0.717) is 19.8 Å². The molecule has 3 heteroatoms. The average molecular weight is 193 g/mol. The maximum absolute atomic E-state index is 5.50. The van der Waals surface area contributed by atoms with E-state index in [1.165, 1.54) is 5.56 Å². The first kappa shape index (κ1) is 9.65. The Hall–Kier alpha value is -0.900. The van der Waals surface area contributed by atoms with Crippen LogP contribution in [0.15, 0.2) is 24.3 Å². The molecule has 1 fully saturated rings. The lowest BCUT2D eigenvalue weighted by Gasteiger charge is -2.10. The van der Waals surface area contributed by atoms with Gasteiger partial charge in [0.1, 0.15) is 0 Å². The van der Waals surface area contributed by atoms with E-state index in [0.717, 1.165) is 12.0 Å². The van der Waals surface area contributed by atoms with Crippen LogP contribution < -0.4 is 5.73 Å². The molecular formula is C11H15NO2. The molecule has 1 aliphatic rings. The number of ether oxygens (including phenoxy) is 2. The summed E-state index contributed by atoms with van der Waals surface area (Å²) in [7, 11) is 0. The van der Waals surface area contributed by atoms with Crippen LogP contribution in [0.2, 0.25) is 0 Å². The molecule has 3 nitrogen and oxygen atoms in total. The average Bonchev–Trinajstić information content (AvgIpc) is 2.71. The third kappa shape index (κ3) is 2.12. The zero-order valence-corrected chi connectivity index (χ0v) is 8.11. The van der Waals surface area contributed by atoms with Crippen molar-refractivity contribution < 1.29 is 9.47 Å². The summed E-state index contributed by atoms with van der Waals surface area (Å²) in [6.45, 7) is 2.05. The van der Waals surface area contributed by atoms with Gasteiger partial charge in [-0.1, -0.05) is 24.3 Å². The van der Waals surface area contributed by atoms with Crippen LogP contribution in [0.3, 0.4) is 0 Å². The maximum atomic E-state index is 5.50. The van der Waals surface area contributed by atoms with Crippen molar-refractivity contribution in [1.29, 1.82) is 0 Å². The molecule has 14 heavy (non-hydrogen) atoms. The van der Waals surface area contributed by atoms with Gasteiger partial charge in [0.25, 0.3) is 0 Å². The van der Waals surface area contributed by atoms with E-state index in [1.807, 2.05) is 12.1 Å². The second-order valence-electron chi connectivity index (χ2n) is 3.36. The molecule has 0 aliphatic carbocycles. The van der Waals surface area contributed by atoms with E-state index < -0.39 is 0 Å². The Morgan fingerprint density at radius 2 is 2.07 bits per heavy atom. The van der Waals surface area contributed by atoms with Gasteiger partial charge in [0.05, 0.1) is 13.2 Å². The third-order valence-corrected chi connectivity index (χ3v) is 2.28. The highest BCUT2D eigenvalue weighted by molar-refractivity contribution is 5.24. The van der Waals surface area contributed by atoms with Crippen LogP contribution in [0.4, 0.5) is 0 Å². The number of hydrogen-bond donors (Lipinski definition) is 1. The molecule has 1 heterocycles. The van der Waals surface area contributed by atoms with Crippen molar-refractivity contribution in [3.8, 4) is 0 Å². The van der Waals surface area contributed by atoms with E-state index in [4.69, 9.17) is 15.2 Å². The lowest BCUT2D eigenvalue weighted by molar-refractivity contribution is -0.0441. The normalized spacial score (nSPS) is 17.5. The van der Waals surface area contributed by atoms with Crippen LogP contribution in [-0.4, -0.2) is 19.8 Å². The van der Waals surface area contributed by atoms with Crippen molar-refractivity contribution >= 4 is 0 Å². The van der Waals surface area contributed by atoms with Crippen molar-refractivity contribution in [2.45, 2.75) is 12.7 Å². The first-order valence-corrected chi connectivity index (χ1v) is 4.92. The summed E-state index contributed by atoms with van der Waals surface area (Å²) in [6, 6.07) is 8.22. The van der Waals surface area contributed by atoms with Gasteiger partial charge in [-0.25, -0.2) is 0 Å². The lowest BCUT2D eigenvalue weighted by atomic mass is 10.1. The molecule has 1 saturated heterocycles. The molecule has 1 aliphatic heterocycles. The first-order chi connectivity index (χ1) is 6.90. The van der Waals surface area contributed by atoms with E-state index in [2.05, 4.69) is 12.1 Å². The zero-order valence-electron chi connectivity index (χ0n) is 8.11. The van der Waals surface area contributed by atoms with Gasteiger partial charge in [-0.2, -0.15) is 0 Å². The van der Waals surface area contributed by atoms with Gasteiger partial charge in [0.15, 0.2) is 6.29 Å². The Morgan fingerprint density at radius 1 is 1.29 bits per heavy atom. The highest BCUT2D eigenvalue weighted by Gasteiger charge is 2.17. The molecule has 1 aromatic rings. The monoisotopic (exact) mass is 193 g/mol. The van der Waals surface area contributed by atoms with Gasteiger partial charge in [-0.15, -0.1) is 0 Å². The van der Waals surface area contributed by atoms with Gasteiger partial charge >= 0.3 is 0 Å². The number of hydrogen-bond acceptors (Lipinski definition) is 3. The van der Waals surface area contributed by atoms with Crippen molar-refractivity contribution in [3.63, 3.8) is 0 Å². The van der Waals surface area contributed by atoms with Crippen molar-refractivity contribution in [1.82, 2.24) is 0 Å². The summed E-state index contributed by atoms with van der Waals surface area (Å²) in [5.74, 6) is 0. The SMILES string of the molecule is NCCc1cccc(C2OCCO2)c1. The van der Waals surface area contributed by atoms with E-state index in [-0.39, 0.29) is 6.29 Å².